The molecule has 0 heterocycles. The second kappa shape index (κ2) is 13.5. The average Bonchev–Trinajstić information content (AvgIpc) is 2.98. The number of aliphatic carboxylic acids is 1. The third-order valence-electron chi connectivity index (χ3n) is 6.89. The number of carbonyl (C=O) groups is 2. The van der Waals surface area contributed by atoms with E-state index >= 15 is 0 Å². The first-order valence-electron chi connectivity index (χ1n) is 13.3. The predicted molar refractivity (Wildman–Crippen MR) is 158 cm³/mol. The summed E-state index contributed by atoms with van der Waals surface area (Å²) >= 11 is 0. The van der Waals surface area contributed by atoms with Crippen LogP contribution in [0, 0.1) is 0 Å². The molecule has 0 aromatic heterocycles. The number of hydrogen-bond donors (Lipinski definition) is 5. The molecule has 1 atom stereocenters. The highest BCUT2D eigenvalue weighted by Crippen LogP contribution is 2.59. The quantitative estimate of drug-likeness (QED) is 0.113. The molecule has 4 rings (SSSR count). The molecule has 41 heavy (non-hydrogen) atoms. The molecule has 1 amide bonds. The summed E-state index contributed by atoms with van der Waals surface area (Å²) in [7, 11) is -5.01. The monoisotopic (exact) mass is 572 g/mol. The Morgan fingerprint density at radius 3 is 1.71 bits per heavy atom. The molecular weight excluding hydrogens is 539 g/mol. The van der Waals surface area contributed by atoms with E-state index in [0.717, 1.165) is 16.7 Å². The van der Waals surface area contributed by atoms with Gasteiger partial charge >= 0.3 is 13.6 Å². The number of hydrogen-bond acceptors (Lipinski definition) is 4. The van der Waals surface area contributed by atoms with E-state index < -0.39 is 30.8 Å². The average molecular weight is 573 g/mol. The third kappa shape index (κ3) is 7.37. The first kappa shape index (κ1) is 29.9. The highest BCUT2D eigenvalue weighted by Gasteiger charge is 2.51. The van der Waals surface area contributed by atoms with Crippen molar-refractivity contribution in [2.45, 2.75) is 30.6 Å². The molecule has 0 aliphatic rings. The largest absolute Gasteiger partial charge is 0.481 e. The van der Waals surface area contributed by atoms with Crippen molar-refractivity contribution >= 4 is 19.5 Å². The summed E-state index contributed by atoms with van der Waals surface area (Å²) in [5.41, 5.74) is 3.43. The number of benzene rings is 4. The van der Waals surface area contributed by atoms with E-state index in [2.05, 4.69) is 10.6 Å². The molecule has 5 N–H and O–H groups in total. The van der Waals surface area contributed by atoms with Crippen molar-refractivity contribution in [3.8, 4) is 11.1 Å². The lowest BCUT2D eigenvalue weighted by Crippen LogP contribution is -2.55. The molecule has 0 bridgehead atoms. The summed E-state index contributed by atoms with van der Waals surface area (Å²) in [4.78, 5) is 46.4. The molecule has 0 saturated heterocycles. The summed E-state index contributed by atoms with van der Waals surface area (Å²) < 4.78 is 13.4. The van der Waals surface area contributed by atoms with E-state index in [1.54, 1.807) is 60.7 Å². The summed E-state index contributed by atoms with van der Waals surface area (Å²) in [6.45, 7) is 0.107. The molecule has 4 aromatic carbocycles. The van der Waals surface area contributed by atoms with Gasteiger partial charge in [0.25, 0.3) is 0 Å². The number of carboxylic acids is 1. The number of carbonyl (C=O) groups excluding carboxylic acids is 1. The van der Waals surface area contributed by atoms with E-state index in [-0.39, 0.29) is 25.8 Å². The fourth-order valence-corrected chi connectivity index (χ4v) is 6.14. The molecule has 0 aliphatic heterocycles. The molecular formula is C32H33N2O6P. The first-order valence-corrected chi connectivity index (χ1v) is 14.9. The topological polar surface area (TPSA) is 136 Å². The minimum Gasteiger partial charge on any atom is -0.481 e. The van der Waals surface area contributed by atoms with Crippen LogP contribution in [0.2, 0.25) is 0 Å². The van der Waals surface area contributed by atoms with Gasteiger partial charge in [-0.15, -0.1) is 0 Å². The van der Waals surface area contributed by atoms with E-state index in [4.69, 9.17) is 5.11 Å². The van der Waals surface area contributed by atoms with Crippen molar-refractivity contribution in [3.05, 3.63) is 132 Å². The fraction of sp³-hybridized carbons (Fsp3) is 0.188. The Morgan fingerprint density at radius 2 is 1.22 bits per heavy atom. The molecule has 212 valence electrons. The normalized spacial score (nSPS) is 12.4. The van der Waals surface area contributed by atoms with Crippen LogP contribution in [0.4, 0.5) is 0 Å². The summed E-state index contributed by atoms with van der Waals surface area (Å²) in [6, 6.07) is 33.2. The van der Waals surface area contributed by atoms with Crippen molar-refractivity contribution in [3.63, 3.8) is 0 Å². The van der Waals surface area contributed by atoms with Crippen LogP contribution in [-0.4, -0.2) is 39.4 Å². The number of nitrogens with one attached hydrogen (secondary N) is 2. The molecule has 0 spiro atoms. The Balaban J connectivity index is 1.73. The van der Waals surface area contributed by atoms with Gasteiger partial charge in [0.05, 0.1) is 6.04 Å². The number of amides is 1. The van der Waals surface area contributed by atoms with Gasteiger partial charge in [-0.25, -0.2) is 0 Å². The lowest BCUT2D eigenvalue weighted by atomic mass is 9.94. The summed E-state index contributed by atoms with van der Waals surface area (Å²) in [6.07, 6.45) is 0.238. The predicted octanol–water partition coefficient (Wildman–Crippen LogP) is 4.91. The maximum Gasteiger partial charge on any atom is 0.354 e. The zero-order chi connectivity index (χ0) is 29.3. The zero-order valence-electron chi connectivity index (χ0n) is 22.4. The van der Waals surface area contributed by atoms with Gasteiger partial charge in [-0.1, -0.05) is 115 Å². The van der Waals surface area contributed by atoms with Crippen molar-refractivity contribution < 1.29 is 29.0 Å². The van der Waals surface area contributed by atoms with Crippen molar-refractivity contribution in [2.75, 3.05) is 6.54 Å². The van der Waals surface area contributed by atoms with Gasteiger partial charge in [-0.2, -0.15) is 0 Å². The van der Waals surface area contributed by atoms with Gasteiger partial charge in [0, 0.05) is 13.0 Å². The van der Waals surface area contributed by atoms with Gasteiger partial charge in [0.15, 0.2) is 5.28 Å². The minimum atomic E-state index is -5.01. The van der Waals surface area contributed by atoms with Crippen LogP contribution < -0.4 is 10.6 Å². The van der Waals surface area contributed by atoms with Crippen molar-refractivity contribution in [2.24, 2.45) is 0 Å². The Bertz CT molecular complexity index is 1440. The van der Waals surface area contributed by atoms with Gasteiger partial charge in [0.2, 0.25) is 5.91 Å². The van der Waals surface area contributed by atoms with E-state index in [0.29, 0.717) is 11.1 Å². The van der Waals surface area contributed by atoms with Gasteiger partial charge in [-0.3, -0.25) is 19.5 Å². The van der Waals surface area contributed by atoms with E-state index in [1.807, 2.05) is 54.6 Å². The van der Waals surface area contributed by atoms with Gasteiger partial charge < -0.3 is 20.2 Å². The molecule has 9 heteroatoms. The van der Waals surface area contributed by atoms with Crippen LogP contribution in [-0.2, 0) is 25.9 Å². The van der Waals surface area contributed by atoms with Gasteiger partial charge in [0.1, 0.15) is 0 Å². The smallest absolute Gasteiger partial charge is 0.354 e. The highest BCUT2D eigenvalue weighted by molar-refractivity contribution is 7.53. The third-order valence-corrected chi connectivity index (χ3v) is 8.41. The summed E-state index contributed by atoms with van der Waals surface area (Å²) in [5.74, 6) is -1.46. The maximum absolute atomic E-state index is 13.6. The van der Waals surface area contributed by atoms with Crippen LogP contribution in [0.3, 0.4) is 0 Å². The van der Waals surface area contributed by atoms with Crippen LogP contribution in [0.5, 0.6) is 0 Å². The van der Waals surface area contributed by atoms with E-state index in [9.17, 15) is 23.9 Å². The second-order valence-electron chi connectivity index (χ2n) is 9.74. The minimum absolute atomic E-state index is 0.107. The lowest BCUT2D eigenvalue weighted by Gasteiger charge is -2.39. The van der Waals surface area contributed by atoms with E-state index in [1.165, 1.54) is 0 Å². The SMILES string of the molecule is O=C(O)CCCNC(=O)C(Cc1ccc(-c2ccccc2)cc1)NC(c1ccccc1)(c1ccccc1)P(=O)(O)O. The molecule has 0 saturated carbocycles. The first-order chi connectivity index (χ1) is 19.7. The standard InChI is InChI=1S/C32H33N2O6P/c35-30(36)17-10-22-33-31(37)29(23-24-18-20-26(21-19-24)25-11-4-1-5-12-25)34-32(41(38,39)40,27-13-6-2-7-14-27)28-15-8-3-9-16-28/h1-9,11-16,18-21,29,34H,10,17,22-23H2,(H,33,37)(H,35,36)(H2,38,39,40). The Labute approximate surface area is 239 Å². The zero-order valence-corrected chi connectivity index (χ0v) is 23.3. The van der Waals surface area contributed by atoms with Gasteiger partial charge in [-0.05, 0) is 40.7 Å². The Morgan fingerprint density at radius 1 is 0.732 bits per heavy atom. The molecule has 1 unspecified atom stereocenters. The van der Waals surface area contributed by atoms with Crippen LogP contribution >= 0.6 is 7.60 Å². The Hall–Kier alpha value is -4.07. The van der Waals surface area contributed by atoms with Crippen molar-refractivity contribution in [1.29, 1.82) is 0 Å². The van der Waals surface area contributed by atoms with Crippen LogP contribution in [0.1, 0.15) is 29.5 Å². The van der Waals surface area contributed by atoms with Crippen LogP contribution in [0.25, 0.3) is 11.1 Å². The van der Waals surface area contributed by atoms with Crippen LogP contribution in [0.15, 0.2) is 115 Å². The molecule has 0 radical (unpaired) electrons. The molecule has 0 aliphatic carbocycles. The molecule has 8 nitrogen and oxygen atoms in total. The fourth-order valence-electron chi connectivity index (χ4n) is 4.85. The molecule has 0 fully saturated rings. The molecule has 4 aromatic rings. The Kier molecular flexibility index (Phi) is 9.86. The summed E-state index contributed by atoms with van der Waals surface area (Å²) in [5, 5.41) is 12.8. The number of carboxylic acid groups (broad SMARTS) is 1. The lowest BCUT2D eigenvalue weighted by molar-refractivity contribution is -0.137. The van der Waals surface area contributed by atoms with Crippen molar-refractivity contribution in [1.82, 2.24) is 10.6 Å². The highest BCUT2D eigenvalue weighted by atomic mass is 31.2. The maximum atomic E-state index is 13.6. The number of rotatable bonds is 13. The second-order valence-corrected chi connectivity index (χ2v) is 11.5.